The maximum atomic E-state index is 13.2. The zero-order chi connectivity index (χ0) is 25.3. The summed E-state index contributed by atoms with van der Waals surface area (Å²) in [6.45, 7) is 7.41. The third-order valence-electron chi connectivity index (χ3n) is 6.23. The lowest BCUT2D eigenvalue weighted by Gasteiger charge is -2.22. The van der Waals surface area contributed by atoms with Gasteiger partial charge in [-0.25, -0.2) is 8.42 Å². The number of aryl methyl sites for hydroxylation is 2. The summed E-state index contributed by atoms with van der Waals surface area (Å²) in [6, 6.07) is 11.4. The van der Waals surface area contributed by atoms with Crippen LogP contribution in [0, 0.1) is 13.8 Å². The smallest absolute Gasteiger partial charge is 0.325 e. The molecule has 0 bridgehead atoms. The van der Waals surface area contributed by atoms with E-state index in [-0.39, 0.29) is 30.4 Å². The molecule has 1 saturated heterocycles. The number of hydrogen-bond acceptors (Lipinski definition) is 8. The molecule has 1 aromatic heterocycles. The molecular weight excluding hydrogens is 470 g/mol. The normalized spacial score (nSPS) is 18.8. The number of nitrogens with zero attached hydrogens (tertiary/aromatic N) is 3. The molecule has 0 radical (unpaired) electrons. The Morgan fingerprint density at radius 3 is 2.54 bits per heavy atom. The van der Waals surface area contributed by atoms with Gasteiger partial charge >= 0.3 is 5.97 Å². The van der Waals surface area contributed by atoms with Gasteiger partial charge in [-0.05, 0) is 48.6 Å². The number of carbonyl (C=O) groups excluding carboxylic acids is 1. The number of aliphatic hydroxyl groups excluding tert-OH is 1. The van der Waals surface area contributed by atoms with Crippen LogP contribution < -0.4 is 0 Å². The van der Waals surface area contributed by atoms with Crippen LogP contribution in [0.25, 0.3) is 11.4 Å². The number of aliphatic hydroxyl groups is 1. The Morgan fingerprint density at radius 1 is 1.17 bits per heavy atom. The van der Waals surface area contributed by atoms with Crippen molar-refractivity contribution in [2.45, 2.75) is 63.7 Å². The lowest BCUT2D eigenvalue weighted by Crippen LogP contribution is -2.41. The fourth-order valence-corrected chi connectivity index (χ4v) is 5.66. The minimum atomic E-state index is -4.01. The first-order valence-corrected chi connectivity index (χ1v) is 12.9. The van der Waals surface area contributed by atoms with Crippen LogP contribution in [0.1, 0.15) is 48.8 Å². The van der Waals surface area contributed by atoms with Crippen LogP contribution in [0.5, 0.6) is 0 Å². The number of β-amino-alcohol motifs (C(OH)–C–C–N with tert-alkyl or cyclic N) is 1. The first-order chi connectivity index (χ1) is 16.6. The molecule has 10 heteroatoms. The zero-order valence-corrected chi connectivity index (χ0v) is 20.9. The van der Waals surface area contributed by atoms with E-state index < -0.39 is 28.1 Å². The summed E-state index contributed by atoms with van der Waals surface area (Å²) in [5, 5.41) is 14.1. The second kappa shape index (κ2) is 9.88. The molecule has 1 aliphatic heterocycles. The molecule has 0 spiro atoms. The van der Waals surface area contributed by atoms with Gasteiger partial charge in [0.1, 0.15) is 6.04 Å². The Bertz CT molecular complexity index is 1320. The van der Waals surface area contributed by atoms with Gasteiger partial charge in [0.25, 0.3) is 5.89 Å². The van der Waals surface area contributed by atoms with Gasteiger partial charge < -0.3 is 14.4 Å². The van der Waals surface area contributed by atoms with Crippen molar-refractivity contribution in [2.75, 3.05) is 6.54 Å². The van der Waals surface area contributed by atoms with E-state index >= 15 is 0 Å². The molecule has 2 aromatic carbocycles. The van der Waals surface area contributed by atoms with E-state index in [1.807, 2.05) is 38.1 Å². The van der Waals surface area contributed by atoms with Crippen LogP contribution in [0.4, 0.5) is 0 Å². The lowest BCUT2D eigenvalue weighted by atomic mass is 10.0. The quantitative estimate of drug-likeness (QED) is 0.491. The van der Waals surface area contributed by atoms with Crippen molar-refractivity contribution in [2.24, 2.45) is 0 Å². The number of carbonyl (C=O) groups is 1. The van der Waals surface area contributed by atoms with Gasteiger partial charge in [0.15, 0.2) is 6.61 Å². The van der Waals surface area contributed by atoms with E-state index in [0.717, 1.165) is 21.0 Å². The SMILES string of the molecule is Cc1ccc(S(=O)(=O)N2CC(O)CC2C(=O)OCc2nc(-c3ccc(C(C)C)cc3)no2)cc1C. The molecule has 2 unspecified atom stereocenters. The van der Waals surface area contributed by atoms with E-state index in [0.29, 0.717) is 11.7 Å². The molecule has 1 aliphatic rings. The molecule has 4 rings (SSSR count). The molecule has 186 valence electrons. The Kier molecular flexibility index (Phi) is 7.07. The molecule has 1 fully saturated rings. The summed E-state index contributed by atoms with van der Waals surface area (Å²) < 4.78 is 38.0. The van der Waals surface area contributed by atoms with Crippen molar-refractivity contribution in [3.8, 4) is 11.4 Å². The Morgan fingerprint density at radius 2 is 1.89 bits per heavy atom. The zero-order valence-electron chi connectivity index (χ0n) is 20.1. The first-order valence-electron chi connectivity index (χ1n) is 11.4. The van der Waals surface area contributed by atoms with Gasteiger partial charge in [-0.3, -0.25) is 4.79 Å². The predicted octanol–water partition coefficient (Wildman–Crippen LogP) is 3.34. The first kappa shape index (κ1) is 25.0. The highest BCUT2D eigenvalue weighted by Crippen LogP contribution is 2.28. The summed E-state index contributed by atoms with van der Waals surface area (Å²) in [7, 11) is -4.01. The van der Waals surface area contributed by atoms with Crippen molar-refractivity contribution >= 4 is 16.0 Å². The van der Waals surface area contributed by atoms with E-state index in [2.05, 4.69) is 24.0 Å². The number of sulfonamides is 1. The molecular formula is C25H29N3O6S. The lowest BCUT2D eigenvalue weighted by molar-refractivity contribution is -0.149. The number of rotatable bonds is 7. The third-order valence-corrected chi connectivity index (χ3v) is 8.10. The summed E-state index contributed by atoms with van der Waals surface area (Å²) >= 11 is 0. The maximum absolute atomic E-state index is 13.2. The number of aromatic nitrogens is 2. The highest BCUT2D eigenvalue weighted by atomic mass is 32.2. The number of esters is 1. The Balaban J connectivity index is 1.45. The average Bonchev–Trinajstić information content (AvgIpc) is 3.46. The van der Waals surface area contributed by atoms with E-state index in [1.54, 1.807) is 12.1 Å². The van der Waals surface area contributed by atoms with Crippen LogP contribution in [0.3, 0.4) is 0 Å². The fraction of sp³-hybridized carbons (Fsp3) is 0.400. The maximum Gasteiger partial charge on any atom is 0.325 e. The fourth-order valence-electron chi connectivity index (χ4n) is 3.95. The van der Waals surface area contributed by atoms with Crippen molar-refractivity contribution in [1.29, 1.82) is 0 Å². The highest BCUT2D eigenvalue weighted by Gasteiger charge is 2.44. The van der Waals surface area contributed by atoms with Crippen LogP contribution in [0.15, 0.2) is 51.9 Å². The molecule has 3 aromatic rings. The molecule has 0 saturated carbocycles. The average molecular weight is 500 g/mol. The molecule has 1 N–H and O–H groups in total. The summed E-state index contributed by atoms with van der Waals surface area (Å²) in [5.74, 6) is 0.0665. The summed E-state index contributed by atoms with van der Waals surface area (Å²) in [6.07, 6.45) is -1.03. The van der Waals surface area contributed by atoms with Gasteiger partial charge in [0, 0.05) is 18.5 Å². The summed E-state index contributed by atoms with van der Waals surface area (Å²) in [4.78, 5) is 17.2. The van der Waals surface area contributed by atoms with Crippen molar-refractivity contribution in [3.63, 3.8) is 0 Å². The van der Waals surface area contributed by atoms with Gasteiger partial charge in [-0.2, -0.15) is 9.29 Å². The standard InChI is InChI=1S/C25H29N3O6S/c1-15(2)18-6-8-19(9-7-18)24-26-23(34-27-24)14-33-25(30)22-12-20(29)13-28(22)35(31,32)21-10-5-16(3)17(4)11-21/h5-11,15,20,22,29H,12-14H2,1-4H3. The number of hydrogen-bond donors (Lipinski definition) is 1. The molecule has 9 nitrogen and oxygen atoms in total. The number of ether oxygens (including phenoxy) is 1. The molecule has 35 heavy (non-hydrogen) atoms. The number of benzene rings is 2. The molecule has 0 aliphatic carbocycles. The van der Waals surface area contributed by atoms with E-state index in [9.17, 15) is 18.3 Å². The van der Waals surface area contributed by atoms with Crippen LogP contribution in [-0.2, 0) is 26.2 Å². The largest absolute Gasteiger partial charge is 0.454 e. The van der Waals surface area contributed by atoms with Crippen molar-refractivity contribution in [1.82, 2.24) is 14.4 Å². The van der Waals surface area contributed by atoms with Crippen LogP contribution in [0.2, 0.25) is 0 Å². The summed E-state index contributed by atoms with van der Waals surface area (Å²) in [5.41, 5.74) is 3.72. The van der Waals surface area contributed by atoms with Gasteiger partial charge in [-0.15, -0.1) is 0 Å². The second-order valence-electron chi connectivity index (χ2n) is 9.12. The third kappa shape index (κ3) is 5.29. The van der Waals surface area contributed by atoms with E-state index in [1.165, 1.54) is 11.6 Å². The highest BCUT2D eigenvalue weighted by molar-refractivity contribution is 7.89. The van der Waals surface area contributed by atoms with Gasteiger partial charge in [-0.1, -0.05) is 49.3 Å². The van der Waals surface area contributed by atoms with Crippen molar-refractivity contribution < 1.29 is 27.6 Å². The minimum absolute atomic E-state index is 0.0554. The van der Waals surface area contributed by atoms with Gasteiger partial charge in [0.05, 0.1) is 11.0 Å². The van der Waals surface area contributed by atoms with Gasteiger partial charge in [0.2, 0.25) is 15.8 Å². The predicted molar refractivity (Wildman–Crippen MR) is 128 cm³/mol. The second-order valence-corrected chi connectivity index (χ2v) is 11.0. The Labute approximate surface area is 204 Å². The molecule has 2 heterocycles. The molecule has 0 amide bonds. The van der Waals surface area contributed by atoms with E-state index in [4.69, 9.17) is 9.26 Å². The monoisotopic (exact) mass is 499 g/mol. The van der Waals surface area contributed by atoms with Crippen LogP contribution in [-0.4, -0.2) is 52.6 Å². The van der Waals surface area contributed by atoms with Crippen molar-refractivity contribution in [3.05, 3.63) is 65.0 Å². The topological polar surface area (TPSA) is 123 Å². The molecule has 2 atom stereocenters. The minimum Gasteiger partial charge on any atom is -0.454 e. The Hall–Kier alpha value is -3.08. The van der Waals surface area contributed by atoms with Crippen LogP contribution >= 0.6 is 0 Å².